The second kappa shape index (κ2) is 9.32. The van der Waals surface area contributed by atoms with Crippen molar-refractivity contribution in [3.8, 4) is 5.75 Å². The number of aryl methyl sites for hydroxylation is 1. The van der Waals surface area contributed by atoms with E-state index in [1.165, 1.54) is 18.5 Å². The van der Waals surface area contributed by atoms with Crippen LogP contribution in [0.1, 0.15) is 27.0 Å². The molecule has 0 aromatic heterocycles. The minimum Gasteiger partial charge on any atom is -0.496 e. The normalized spacial score (nSPS) is 11.4. The fourth-order valence-corrected chi connectivity index (χ4v) is 4.39. The van der Waals surface area contributed by atoms with E-state index in [1.54, 1.807) is 48.5 Å². The Bertz CT molecular complexity index is 1190. The molecule has 3 aromatic rings. The van der Waals surface area contributed by atoms with Crippen molar-refractivity contribution in [1.82, 2.24) is 4.31 Å². The third-order valence-corrected chi connectivity index (χ3v) is 7.06. The summed E-state index contributed by atoms with van der Waals surface area (Å²) < 4.78 is 32.4. The number of rotatable bonds is 7. The summed E-state index contributed by atoms with van der Waals surface area (Å²) in [5, 5.41) is 2.93. The van der Waals surface area contributed by atoms with Crippen molar-refractivity contribution in [3.05, 3.63) is 89.0 Å². The van der Waals surface area contributed by atoms with Crippen LogP contribution in [0, 0.1) is 13.8 Å². The third-order valence-electron chi connectivity index (χ3n) is 5.24. The van der Waals surface area contributed by atoms with Crippen LogP contribution in [0.15, 0.2) is 71.6 Å². The number of carbonyl (C=O) groups is 1. The predicted molar refractivity (Wildman–Crippen MR) is 122 cm³/mol. The summed E-state index contributed by atoms with van der Waals surface area (Å²) in [6.45, 7) is 4.00. The maximum Gasteiger partial charge on any atom is 0.255 e. The fraction of sp³-hybridized carbons (Fsp3) is 0.208. The number of nitrogens with one attached hydrogen (secondary N) is 1. The molecule has 6 nitrogen and oxygen atoms in total. The average molecular weight is 439 g/mol. The van der Waals surface area contributed by atoms with Gasteiger partial charge < -0.3 is 10.1 Å². The van der Waals surface area contributed by atoms with Crippen LogP contribution in [0.5, 0.6) is 5.75 Å². The topological polar surface area (TPSA) is 75.7 Å². The quantitative estimate of drug-likeness (QED) is 0.594. The van der Waals surface area contributed by atoms with Crippen LogP contribution in [-0.4, -0.2) is 32.8 Å². The van der Waals surface area contributed by atoms with Crippen LogP contribution in [0.3, 0.4) is 0 Å². The molecule has 0 aliphatic rings. The van der Waals surface area contributed by atoms with E-state index >= 15 is 0 Å². The molecule has 7 heteroatoms. The van der Waals surface area contributed by atoms with E-state index in [0.29, 0.717) is 16.9 Å². The van der Waals surface area contributed by atoms with Gasteiger partial charge in [0.1, 0.15) is 5.75 Å². The Morgan fingerprint density at radius 3 is 2.39 bits per heavy atom. The lowest BCUT2D eigenvalue weighted by Crippen LogP contribution is -2.27. The van der Waals surface area contributed by atoms with Gasteiger partial charge in [0.05, 0.1) is 12.0 Å². The Labute approximate surface area is 183 Å². The molecule has 3 rings (SSSR count). The summed E-state index contributed by atoms with van der Waals surface area (Å²) in [4.78, 5) is 13.1. The molecule has 3 aromatic carbocycles. The molecule has 0 aliphatic heterocycles. The number of ether oxygens (including phenoxy) is 1. The van der Waals surface area contributed by atoms with E-state index in [4.69, 9.17) is 4.74 Å². The maximum atomic E-state index is 12.9. The summed E-state index contributed by atoms with van der Waals surface area (Å²) in [7, 11) is -0.658. The molecular formula is C24H26N2O4S. The van der Waals surface area contributed by atoms with E-state index in [9.17, 15) is 13.2 Å². The molecule has 0 bridgehead atoms. The summed E-state index contributed by atoms with van der Waals surface area (Å²) >= 11 is 0. The first-order chi connectivity index (χ1) is 14.7. The van der Waals surface area contributed by atoms with Gasteiger partial charge in [-0.2, -0.15) is 4.31 Å². The summed E-state index contributed by atoms with van der Waals surface area (Å²) in [5.74, 6) is 0.240. The van der Waals surface area contributed by atoms with Gasteiger partial charge in [-0.15, -0.1) is 0 Å². The van der Waals surface area contributed by atoms with Crippen LogP contribution < -0.4 is 10.1 Å². The van der Waals surface area contributed by atoms with Crippen molar-refractivity contribution in [2.24, 2.45) is 0 Å². The lowest BCUT2D eigenvalue weighted by Gasteiger charge is -2.19. The molecule has 0 atom stereocenters. The number of anilines is 1. The molecule has 0 fully saturated rings. The first-order valence-corrected chi connectivity index (χ1v) is 11.2. The van der Waals surface area contributed by atoms with Crippen molar-refractivity contribution >= 4 is 21.6 Å². The highest BCUT2D eigenvalue weighted by Crippen LogP contribution is 2.25. The first kappa shape index (κ1) is 22.5. The van der Waals surface area contributed by atoms with E-state index in [2.05, 4.69) is 5.32 Å². The molecule has 0 unspecified atom stereocenters. The maximum absolute atomic E-state index is 12.9. The molecule has 0 radical (unpaired) electrons. The van der Waals surface area contributed by atoms with E-state index < -0.39 is 10.0 Å². The van der Waals surface area contributed by atoms with E-state index in [0.717, 1.165) is 16.8 Å². The molecule has 0 saturated carbocycles. The lowest BCUT2D eigenvalue weighted by molar-refractivity contribution is 0.102. The lowest BCUT2D eigenvalue weighted by atomic mass is 10.1. The molecule has 31 heavy (non-hydrogen) atoms. The van der Waals surface area contributed by atoms with Crippen LogP contribution in [0.4, 0.5) is 5.69 Å². The van der Waals surface area contributed by atoms with Gasteiger partial charge in [0.15, 0.2) is 0 Å². The molecule has 162 valence electrons. The predicted octanol–water partition coefficient (Wildman–Crippen LogP) is 4.39. The van der Waals surface area contributed by atoms with Gasteiger partial charge in [-0.25, -0.2) is 8.42 Å². The number of benzene rings is 3. The third kappa shape index (κ3) is 4.95. The van der Waals surface area contributed by atoms with Crippen molar-refractivity contribution < 1.29 is 17.9 Å². The van der Waals surface area contributed by atoms with Gasteiger partial charge >= 0.3 is 0 Å². The Balaban J connectivity index is 1.87. The zero-order valence-corrected chi connectivity index (χ0v) is 18.9. The molecule has 1 N–H and O–H groups in total. The van der Waals surface area contributed by atoms with Crippen LogP contribution >= 0.6 is 0 Å². The van der Waals surface area contributed by atoms with E-state index in [1.807, 2.05) is 32.0 Å². The smallest absolute Gasteiger partial charge is 0.255 e. The summed E-state index contributed by atoms with van der Waals surface area (Å²) in [6.07, 6.45) is 0. The number of sulfonamides is 1. The minimum absolute atomic E-state index is 0.0605. The van der Waals surface area contributed by atoms with Crippen LogP contribution in [-0.2, 0) is 16.6 Å². The van der Waals surface area contributed by atoms with Crippen molar-refractivity contribution in [2.45, 2.75) is 25.3 Å². The van der Waals surface area contributed by atoms with Crippen molar-refractivity contribution in [2.75, 3.05) is 19.5 Å². The molecular weight excluding hydrogens is 412 g/mol. The van der Waals surface area contributed by atoms with Gasteiger partial charge in [0.25, 0.3) is 5.91 Å². The number of nitrogens with zero attached hydrogens (tertiary/aromatic N) is 1. The number of methoxy groups -OCH3 is 1. The fourth-order valence-electron chi connectivity index (χ4n) is 3.22. The van der Waals surface area contributed by atoms with Gasteiger partial charge in [-0.1, -0.05) is 30.3 Å². The second-order valence-electron chi connectivity index (χ2n) is 7.30. The second-order valence-corrected chi connectivity index (χ2v) is 9.35. The number of amides is 1. The van der Waals surface area contributed by atoms with Gasteiger partial charge in [0.2, 0.25) is 10.0 Å². The van der Waals surface area contributed by atoms with E-state index in [-0.39, 0.29) is 17.3 Å². The van der Waals surface area contributed by atoms with Gasteiger partial charge in [-0.05, 0) is 61.4 Å². The minimum atomic E-state index is -3.68. The Hall–Kier alpha value is -3.16. The van der Waals surface area contributed by atoms with Crippen LogP contribution in [0.2, 0.25) is 0 Å². The number of hydrogen-bond donors (Lipinski definition) is 1. The SMILES string of the molecule is COc1ccc(C(=O)Nc2cccc(C)c2C)cc1CN(C)S(=O)(=O)c1ccccc1. The van der Waals surface area contributed by atoms with Gasteiger partial charge in [-0.3, -0.25) is 4.79 Å². The Morgan fingerprint density at radius 2 is 1.71 bits per heavy atom. The highest BCUT2D eigenvalue weighted by molar-refractivity contribution is 7.89. The van der Waals surface area contributed by atoms with Crippen LogP contribution in [0.25, 0.3) is 0 Å². The monoisotopic (exact) mass is 438 g/mol. The molecule has 1 amide bonds. The van der Waals surface area contributed by atoms with Gasteiger partial charge in [0, 0.05) is 30.4 Å². The van der Waals surface area contributed by atoms with Crippen molar-refractivity contribution in [3.63, 3.8) is 0 Å². The average Bonchev–Trinajstić information content (AvgIpc) is 2.77. The zero-order valence-electron chi connectivity index (χ0n) is 18.0. The zero-order chi connectivity index (χ0) is 22.6. The number of hydrogen-bond acceptors (Lipinski definition) is 4. The Morgan fingerprint density at radius 1 is 1.00 bits per heavy atom. The molecule has 0 aliphatic carbocycles. The summed E-state index contributed by atoms with van der Waals surface area (Å²) in [6, 6.07) is 19.0. The standard InChI is InChI=1S/C24H26N2O4S/c1-17-9-8-12-22(18(17)2)25-24(27)19-13-14-23(30-4)20(15-19)16-26(3)31(28,29)21-10-6-5-7-11-21/h5-15H,16H2,1-4H3,(H,25,27). The first-order valence-electron chi connectivity index (χ1n) is 9.80. The highest BCUT2D eigenvalue weighted by atomic mass is 32.2. The largest absolute Gasteiger partial charge is 0.496 e. The number of carbonyl (C=O) groups excluding carboxylic acids is 1. The molecule has 0 heterocycles. The van der Waals surface area contributed by atoms with Crippen molar-refractivity contribution in [1.29, 1.82) is 0 Å². The summed E-state index contributed by atoms with van der Waals surface area (Å²) in [5.41, 5.74) is 3.84. The molecule has 0 spiro atoms. The molecule has 0 saturated heterocycles. The highest BCUT2D eigenvalue weighted by Gasteiger charge is 2.22. The Kier molecular flexibility index (Phi) is 6.77.